The molecule has 0 bridgehead atoms. The van der Waals surface area contributed by atoms with E-state index in [-0.39, 0.29) is 23.6 Å². The van der Waals surface area contributed by atoms with E-state index in [1.165, 1.54) is 6.92 Å². The summed E-state index contributed by atoms with van der Waals surface area (Å²) >= 11 is 0. The van der Waals surface area contributed by atoms with Gasteiger partial charge in [-0.1, -0.05) is 30.8 Å². The van der Waals surface area contributed by atoms with Gasteiger partial charge in [0, 0.05) is 51.9 Å². The summed E-state index contributed by atoms with van der Waals surface area (Å²) in [6.45, 7) is 3.91. The zero-order valence-electron chi connectivity index (χ0n) is 18.4. The third kappa shape index (κ3) is 5.25. The quantitative estimate of drug-likeness (QED) is 0.688. The van der Waals surface area contributed by atoms with Crippen LogP contribution in [-0.2, 0) is 26.3 Å². The Morgan fingerprint density at radius 2 is 1.68 bits per heavy atom. The number of carbonyl (C=O) groups excluding carboxylic acids is 3. The maximum absolute atomic E-state index is 12.6. The van der Waals surface area contributed by atoms with E-state index in [0.29, 0.717) is 50.7 Å². The predicted molar refractivity (Wildman–Crippen MR) is 112 cm³/mol. The Kier molecular flexibility index (Phi) is 6.57. The molecular formula is C22H33N5O4. The summed E-state index contributed by atoms with van der Waals surface area (Å²) in [6.07, 6.45) is 8.59. The number of rotatable bonds is 6. The smallest absolute Gasteiger partial charge is 0.227 e. The van der Waals surface area contributed by atoms with Gasteiger partial charge in [-0.15, -0.1) is 0 Å². The van der Waals surface area contributed by atoms with Crippen LogP contribution in [0.4, 0.5) is 0 Å². The monoisotopic (exact) mass is 431 g/mol. The molecule has 0 unspecified atom stereocenters. The number of piperazine rings is 1. The third-order valence-electron chi connectivity index (χ3n) is 6.69. The molecular weight excluding hydrogens is 398 g/mol. The fourth-order valence-electron chi connectivity index (χ4n) is 4.76. The van der Waals surface area contributed by atoms with Crippen LogP contribution < -0.4 is 5.32 Å². The molecule has 1 saturated heterocycles. The summed E-state index contributed by atoms with van der Waals surface area (Å²) in [5.41, 5.74) is -0.571. The van der Waals surface area contributed by atoms with Crippen LogP contribution in [0.5, 0.6) is 0 Å². The summed E-state index contributed by atoms with van der Waals surface area (Å²) in [5.74, 6) is 1.38. The van der Waals surface area contributed by atoms with E-state index < -0.39 is 5.54 Å². The Labute approximate surface area is 182 Å². The van der Waals surface area contributed by atoms with Crippen molar-refractivity contribution in [1.29, 1.82) is 0 Å². The van der Waals surface area contributed by atoms with Gasteiger partial charge in [-0.05, 0) is 25.7 Å². The number of hydrogen-bond donors (Lipinski definition) is 1. The van der Waals surface area contributed by atoms with E-state index in [0.717, 1.165) is 51.4 Å². The average Bonchev–Trinajstić information content (AvgIpc) is 3.54. The van der Waals surface area contributed by atoms with Crippen LogP contribution in [0.3, 0.4) is 0 Å². The second kappa shape index (κ2) is 9.36. The van der Waals surface area contributed by atoms with Gasteiger partial charge in [0.2, 0.25) is 23.6 Å². The summed E-state index contributed by atoms with van der Waals surface area (Å²) in [6, 6.07) is 0. The maximum atomic E-state index is 12.6. The number of hydrogen-bond acceptors (Lipinski definition) is 6. The van der Waals surface area contributed by atoms with Gasteiger partial charge >= 0.3 is 0 Å². The van der Waals surface area contributed by atoms with Crippen molar-refractivity contribution < 1.29 is 18.9 Å². The van der Waals surface area contributed by atoms with E-state index in [4.69, 9.17) is 4.52 Å². The number of carbonyl (C=O) groups is 3. The van der Waals surface area contributed by atoms with Crippen LogP contribution in [0.2, 0.25) is 0 Å². The molecule has 4 rings (SSSR count). The predicted octanol–water partition coefficient (Wildman–Crippen LogP) is 1.77. The second-order valence-corrected chi connectivity index (χ2v) is 9.17. The lowest BCUT2D eigenvalue weighted by Crippen LogP contribution is -2.51. The SMILES string of the molecule is CC(=O)NC1(c2noc(CCC(=O)N3CCN(C(=O)C4CC4)CC3)n2)CCCCCC1. The first-order chi connectivity index (χ1) is 15.0. The van der Waals surface area contributed by atoms with Crippen LogP contribution in [0.25, 0.3) is 0 Å². The molecule has 3 amide bonds. The molecule has 2 aliphatic carbocycles. The lowest BCUT2D eigenvalue weighted by molar-refractivity contribution is -0.140. The van der Waals surface area contributed by atoms with Gasteiger partial charge in [-0.25, -0.2) is 0 Å². The standard InChI is InChI=1S/C22H33N5O4/c1-16(28)24-22(10-4-2-3-5-11-22)21-23-18(31-25-21)8-9-19(29)26-12-14-27(15-13-26)20(30)17-6-7-17/h17H,2-15H2,1H3,(H,24,28). The van der Waals surface area contributed by atoms with E-state index in [1.807, 2.05) is 9.80 Å². The minimum atomic E-state index is -0.571. The number of amides is 3. The van der Waals surface area contributed by atoms with Crippen molar-refractivity contribution in [1.82, 2.24) is 25.3 Å². The van der Waals surface area contributed by atoms with Crippen molar-refractivity contribution in [3.63, 3.8) is 0 Å². The van der Waals surface area contributed by atoms with Crippen LogP contribution >= 0.6 is 0 Å². The van der Waals surface area contributed by atoms with E-state index >= 15 is 0 Å². The van der Waals surface area contributed by atoms with Crippen molar-refractivity contribution >= 4 is 17.7 Å². The molecule has 1 aromatic heterocycles. The van der Waals surface area contributed by atoms with Crippen molar-refractivity contribution in [2.45, 2.75) is 76.7 Å². The lowest BCUT2D eigenvalue weighted by Gasteiger charge is -2.35. The van der Waals surface area contributed by atoms with Crippen LogP contribution in [0, 0.1) is 5.92 Å². The largest absolute Gasteiger partial charge is 0.343 e. The highest BCUT2D eigenvalue weighted by atomic mass is 16.5. The molecule has 0 atom stereocenters. The number of nitrogens with zero attached hydrogens (tertiary/aromatic N) is 4. The van der Waals surface area contributed by atoms with Gasteiger partial charge < -0.3 is 19.6 Å². The molecule has 3 fully saturated rings. The molecule has 1 aromatic rings. The van der Waals surface area contributed by atoms with Gasteiger partial charge in [-0.2, -0.15) is 4.98 Å². The summed E-state index contributed by atoms with van der Waals surface area (Å²) < 4.78 is 5.45. The first kappa shape index (κ1) is 21.8. The second-order valence-electron chi connectivity index (χ2n) is 9.17. The molecule has 2 heterocycles. The topological polar surface area (TPSA) is 109 Å². The summed E-state index contributed by atoms with van der Waals surface area (Å²) in [5, 5.41) is 7.25. The van der Waals surface area contributed by atoms with Gasteiger partial charge in [0.1, 0.15) is 5.54 Å². The molecule has 0 aromatic carbocycles. The van der Waals surface area contributed by atoms with Crippen molar-refractivity contribution in [2.75, 3.05) is 26.2 Å². The van der Waals surface area contributed by atoms with Crippen molar-refractivity contribution in [3.05, 3.63) is 11.7 Å². The van der Waals surface area contributed by atoms with Gasteiger partial charge in [0.05, 0.1) is 0 Å². The zero-order valence-corrected chi connectivity index (χ0v) is 18.4. The molecule has 9 nitrogen and oxygen atoms in total. The van der Waals surface area contributed by atoms with Crippen molar-refractivity contribution in [3.8, 4) is 0 Å². The molecule has 170 valence electrons. The molecule has 0 radical (unpaired) electrons. The highest BCUT2D eigenvalue weighted by Gasteiger charge is 2.38. The normalized spacial score (nSPS) is 21.5. The van der Waals surface area contributed by atoms with E-state index in [2.05, 4.69) is 15.5 Å². The summed E-state index contributed by atoms with van der Waals surface area (Å²) in [7, 11) is 0. The average molecular weight is 432 g/mol. The Morgan fingerprint density at radius 3 is 2.29 bits per heavy atom. The maximum Gasteiger partial charge on any atom is 0.227 e. The zero-order chi connectivity index (χ0) is 21.8. The molecule has 31 heavy (non-hydrogen) atoms. The Balaban J connectivity index is 1.30. The van der Waals surface area contributed by atoms with E-state index in [1.54, 1.807) is 0 Å². The fourth-order valence-corrected chi connectivity index (χ4v) is 4.76. The van der Waals surface area contributed by atoms with Crippen LogP contribution in [0.15, 0.2) is 4.52 Å². The van der Waals surface area contributed by atoms with Gasteiger partial charge in [0.25, 0.3) is 0 Å². The first-order valence-corrected chi connectivity index (χ1v) is 11.7. The lowest BCUT2D eigenvalue weighted by atomic mass is 9.89. The fraction of sp³-hybridized carbons (Fsp3) is 0.773. The van der Waals surface area contributed by atoms with E-state index in [9.17, 15) is 14.4 Å². The third-order valence-corrected chi connectivity index (χ3v) is 6.69. The Morgan fingerprint density at radius 1 is 1.03 bits per heavy atom. The Bertz CT molecular complexity index is 803. The van der Waals surface area contributed by atoms with Crippen molar-refractivity contribution in [2.24, 2.45) is 5.92 Å². The molecule has 1 aliphatic heterocycles. The number of nitrogens with one attached hydrogen (secondary N) is 1. The molecule has 2 saturated carbocycles. The first-order valence-electron chi connectivity index (χ1n) is 11.7. The highest BCUT2D eigenvalue weighted by Crippen LogP contribution is 2.35. The van der Waals surface area contributed by atoms with Crippen LogP contribution in [0.1, 0.15) is 76.4 Å². The summed E-state index contributed by atoms with van der Waals surface area (Å²) in [4.78, 5) is 44.9. The minimum Gasteiger partial charge on any atom is -0.343 e. The highest BCUT2D eigenvalue weighted by molar-refractivity contribution is 5.82. The van der Waals surface area contributed by atoms with Gasteiger partial charge in [-0.3, -0.25) is 14.4 Å². The minimum absolute atomic E-state index is 0.0457. The Hall–Kier alpha value is -2.45. The molecule has 0 spiro atoms. The number of aromatic nitrogens is 2. The molecule has 9 heteroatoms. The van der Waals surface area contributed by atoms with Gasteiger partial charge in [0.15, 0.2) is 5.82 Å². The molecule has 1 N–H and O–H groups in total. The number of aryl methyl sites for hydroxylation is 1. The molecule has 3 aliphatic rings. The van der Waals surface area contributed by atoms with Crippen LogP contribution in [-0.4, -0.2) is 63.8 Å².